The highest BCUT2D eigenvalue weighted by Crippen LogP contribution is 2.15. The molecule has 0 aliphatic rings. The standard InChI is InChI=1S/C13H21NO3/c1-8(2)5-9(3)14-7-11-6-12(13(15)16)17-10(11)4/h6,8-9,14H,5,7H2,1-4H3,(H,15,16). The van der Waals surface area contributed by atoms with E-state index in [-0.39, 0.29) is 5.76 Å². The van der Waals surface area contributed by atoms with Crippen molar-refractivity contribution in [3.63, 3.8) is 0 Å². The average Bonchev–Trinajstić information content (AvgIpc) is 2.56. The number of carbonyl (C=O) groups is 1. The minimum atomic E-state index is -1.02. The van der Waals surface area contributed by atoms with Gasteiger partial charge in [0.05, 0.1) is 0 Å². The third-order valence-electron chi connectivity index (χ3n) is 2.70. The van der Waals surface area contributed by atoms with Crippen molar-refractivity contribution in [3.05, 3.63) is 23.2 Å². The molecule has 0 radical (unpaired) electrons. The quantitative estimate of drug-likeness (QED) is 0.801. The third kappa shape index (κ3) is 4.23. The Morgan fingerprint density at radius 1 is 1.47 bits per heavy atom. The Morgan fingerprint density at radius 2 is 2.12 bits per heavy atom. The summed E-state index contributed by atoms with van der Waals surface area (Å²) in [7, 11) is 0. The Morgan fingerprint density at radius 3 is 2.59 bits per heavy atom. The third-order valence-corrected chi connectivity index (χ3v) is 2.70. The van der Waals surface area contributed by atoms with Gasteiger partial charge in [-0.3, -0.25) is 0 Å². The van der Waals surface area contributed by atoms with Crippen LogP contribution in [-0.2, 0) is 6.54 Å². The molecule has 2 N–H and O–H groups in total. The van der Waals surface area contributed by atoms with Crippen LogP contribution < -0.4 is 5.32 Å². The van der Waals surface area contributed by atoms with Gasteiger partial charge >= 0.3 is 5.97 Å². The van der Waals surface area contributed by atoms with E-state index in [0.717, 1.165) is 12.0 Å². The van der Waals surface area contributed by atoms with Crippen molar-refractivity contribution in [3.8, 4) is 0 Å². The molecule has 1 heterocycles. The van der Waals surface area contributed by atoms with Gasteiger partial charge in [0.1, 0.15) is 5.76 Å². The highest BCUT2D eigenvalue weighted by Gasteiger charge is 2.13. The number of aryl methyl sites for hydroxylation is 1. The fraction of sp³-hybridized carbons (Fsp3) is 0.615. The molecule has 0 saturated carbocycles. The summed E-state index contributed by atoms with van der Waals surface area (Å²) in [6, 6.07) is 2.00. The maximum atomic E-state index is 10.7. The van der Waals surface area contributed by atoms with Crippen molar-refractivity contribution in [2.24, 2.45) is 5.92 Å². The van der Waals surface area contributed by atoms with Gasteiger partial charge < -0.3 is 14.8 Å². The van der Waals surface area contributed by atoms with Gasteiger partial charge in [-0.05, 0) is 32.3 Å². The Labute approximate surface area is 102 Å². The number of rotatable bonds is 6. The number of carboxylic acid groups (broad SMARTS) is 1. The van der Waals surface area contributed by atoms with Crippen molar-refractivity contribution in [2.45, 2.75) is 46.7 Å². The molecule has 0 fully saturated rings. The van der Waals surface area contributed by atoms with Crippen LogP contribution in [0.5, 0.6) is 0 Å². The Kier molecular flexibility index (Phi) is 4.75. The summed E-state index contributed by atoms with van der Waals surface area (Å²) >= 11 is 0. The first-order chi connectivity index (χ1) is 7.90. The molecule has 0 saturated heterocycles. The summed E-state index contributed by atoms with van der Waals surface area (Å²) in [4.78, 5) is 10.7. The Balaban J connectivity index is 2.54. The van der Waals surface area contributed by atoms with Crippen molar-refractivity contribution in [1.29, 1.82) is 0 Å². The normalized spacial score (nSPS) is 13.0. The lowest BCUT2D eigenvalue weighted by atomic mass is 10.1. The van der Waals surface area contributed by atoms with Crippen LogP contribution in [0.2, 0.25) is 0 Å². The molecule has 0 amide bonds. The molecule has 96 valence electrons. The van der Waals surface area contributed by atoms with E-state index in [1.165, 1.54) is 0 Å². The number of aromatic carboxylic acids is 1. The molecule has 0 aliphatic heterocycles. The zero-order valence-electron chi connectivity index (χ0n) is 10.9. The van der Waals surface area contributed by atoms with Crippen LogP contribution >= 0.6 is 0 Å². The maximum Gasteiger partial charge on any atom is 0.371 e. The molecule has 0 bridgehead atoms. The van der Waals surface area contributed by atoms with Crippen molar-refractivity contribution in [1.82, 2.24) is 5.32 Å². The fourth-order valence-corrected chi connectivity index (χ4v) is 1.88. The second-order valence-electron chi connectivity index (χ2n) is 4.91. The van der Waals surface area contributed by atoms with E-state index in [1.807, 2.05) is 0 Å². The molecule has 0 aliphatic carbocycles. The summed E-state index contributed by atoms with van der Waals surface area (Å²) in [5.74, 6) is 0.314. The van der Waals surface area contributed by atoms with Crippen molar-refractivity contribution >= 4 is 5.97 Å². The van der Waals surface area contributed by atoms with Crippen LogP contribution in [0.25, 0.3) is 0 Å². The highest BCUT2D eigenvalue weighted by molar-refractivity contribution is 5.84. The summed E-state index contributed by atoms with van der Waals surface area (Å²) < 4.78 is 5.15. The average molecular weight is 239 g/mol. The molecule has 4 heteroatoms. The molecule has 0 spiro atoms. The van der Waals surface area contributed by atoms with Gasteiger partial charge in [0.25, 0.3) is 0 Å². The maximum absolute atomic E-state index is 10.7. The number of hydrogen-bond donors (Lipinski definition) is 2. The highest BCUT2D eigenvalue weighted by atomic mass is 16.4. The van der Waals surface area contributed by atoms with Crippen LogP contribution in [0.4, 0.5) is 0 Å². The van der Waals surface area contributed by atoms with E-state index in [9.17, 15) is 4.79 Å². The van der Waals surface area contributed by atoms with Crippen LogP contribution in [0.15, 0.2) is 10.5 Å². The minimum absolute atomic E-state index is 0.0100. The van der Waals surface area contributed by atoms with Crippen LogP contribution in [0, 0.1) is 12.8 Å². The largest absolute Gasteiger partial charge is 0.475 e. The van der Waals surface area contributed by atoms with Gasteiger partial charge in [-0.2, -0.15) is 0 Å². The minimum Gasteiger partial charge on any atom is -0.475 e. The fourth-order valence-electron chi connectivity index (χ4n) is 1.88. The zero-order chi connectivity index (χ0) is 13.0. The molecular formula is C13H21NO3. The van der Waals surface area contributed by atoms with Gasteiger partial charge in [0.15, 0.2) is 0 Å². The molecular weight excluding hydrogens is 218 g/mol. The Bertz CT molecular complexity index is 382. The number of carboxylic acids is 1. The van der Waals surface area contributed by atoms with E-state index >= 15 is 0 Å². The van der Waals surface area contributed by atoms with Crippen LogP contribution in [0.3, 0.4) is 0 Å². The molecule has 1 rings (SSSR count). The molecule has 0 aromatic carbocycles. The summed E-state index contributed by atoms with van der Waals surface area (Å²) in [6.45, 7) is 8.94. The molecule has 1 aromatic rings. The van der Waals surface area contributed by atoms with E-state index < -0.39 is 5.97 Å². The van der Waals surface area contributed by atoms with E-state index in [4.69, 9.17) is 9.52 Å². The monoisotopic (exact) mass is 239 g/mol. The molecule has 4 nitrogen and oxygen atoms in total. The second kappa shape index (κ2) is 5.87. The summed E-state index contributed by atoms with van der Waals surface area (Å²) in [5, 5.41) is 12.2. The van der Waals surface area contributed by atoms with Gasteiger partial charge in [-0.25, -0.2) is 4.79 Å². The van der Waals surface area contributed by atoms with Crippen LogP contribution in [-0.4, -0.2) is 17.1 Å². The number of nitrogens with one attached hydrogen (secondary N) is 1. The van der Waals surface area contributed by atoms with E-state index in [0.29, 0.717) is 24.3 Å². The Hall–Kier alpha value is -1.29. The van der Waals surface area contributed by atoms with Gasteiger partial charge in [0, 0.05) is 18.2 Å². The summed E-state index contributed by atoms with van der Waals surface area (Å²) in [5.41, 5.74) is 0.915. The first-order valence-corrected chi connectivity index (χ1v) is 5.96. The zero-order valence-corrected chi connectivity index (χ0v) is 10.9. The lowest BCUT2D eigenvalue weighted by Gasteiger charge is -2.15. The second-order valence-corrected chi connectivity index (χ2v) is 4.91. The predicted molar refractivity (Wildman–Crippen MR) is 66.2 cm³/mol. The molecule has 1 aromatic heterocycles. The van der Waals surface area contributed by atoms with E-state index in [1.54, 1.807) is 13.0 Å². The van der Waals surface area contributed by atoms with E-state index in [2.05, 4.69) is 26.1 Å². The first kappa shape index (κ1) is 13.8. The molecule has 17 heavy (non-hydrogen) atoms. The molecule has 1 unspecified atom stereocenters. The smallest absolute Gasteiger partial charge is 0.371 e. The van der Waals surface area contributed by atoms with Crippen molar-refractivity contribution in [2.75, 3.05) is 0 Å². The number of furan rings is 1. The lowest BCUT2D eigenvalue weighted by Crippen LogP contribution is -2.26. The SMILES string of the molecule is Cc1oc(C(=O)O)cc1CNC(C)CC(C)C. The molecule has 1 atom stereocenters. The predicted octanol–water partition coefficient (Wildman–Crippen LogP) is 2.81. The van der Waals surface area contributed by atoms with Crippen LogP contribution in [0.1, 0.15) is 49.1 Å². The lowest BCUT2D eigenvalue weighted by molar-refractivity contribution is 0.0661. The topological polar surface area (TPSA) is 62.5 Å². The first-order valence-electron chi connectivity index (χ1n) is 5.96. The summed E-state index contributed by atoms with van der Waals surface area (Å²) in [6.07, 6.45) is 1.10. The van der Waals surface area contributed by atoms with Gasteiger partial charge in [-0.15, -0.1) is 0 Å². The number of hydrogen-bond acceptors (Lipinski definition) is 3. The van der Waals surface area contributed by atoms with Crippen molar-refractivity contribution < 1.29 is 14.3 Å². The van der Waals surface area contributed by atoms with Gasteiger partial charge in [-0.1, -0.05) is 13.8 Å². The van der Waals surface area contributed by atoms with Gasteiger partial charge in [0.2, 0.25) is 5.76 Å².